The third-order valence-electron chi connectivity index (χ3n) is 3.58. The van der Waals surface area contributed by atoms with Crippen molar-refractivity contribution in [2.24, 2.45) is 0 Å². The minimum atomic E-state index is 0.190. The van der Waals surface area contributed by atoms with Crippen LogP contribution in [-0.4, -0.2) is 43.2 Å². The van der Waals surface area contributed by atoms with Crippen LogP contribution >= 0.6 is 11.3 Å². The Balaban J connectivity index is 1.57. The highest BCUT2D eigenvalue weighted by Gasteiger charge is 2.24. The lowest BCUT2D eigenvalue weighted by molar-refractivity contribution is -0.133. The van der Waals surface area contributed by atoms with E-state index in [-0.39, 0.29) is 11.9 Å². The van der Waals surface area contributed by atoms with Crippen LogP contribution in [0.3, 0.4) is 0 Å². The van der Waals surface area contributed by atoms with Crippen molar-refractivity contribution in [3.63, 3.8) is 0 Å². The zero-order chi connectivity index (χ0) is 12.4. The highest BCUT2D eigenvalue weighted by Crippen LogP contribution is 2.24. The number of carbonyl (C=O) groups is 1. The van der Waals surface area contributed by atoms with E-state index < -0.39 is 0 Å². The number of morpholine rings is 1. The van der Waals surface area contributed by atoms with Crippen LogP contribution in [0.2, 0.25) is 0 Å². The maximum absolute atomic E-state index is 12.2. The molecule has 1 saturated heterocycles. The minimum absolute atomic E-state index is 0.190. The van der Waals surface area contributed by atoms with Crippen molar-refractivity contribution in [3.8, 4) is 0 Å². The average molecular weight is 266 g/mol. The molecule has 2 aliphatic rings. The van der Waals surface area contributed by atoms with Gasteiger partial charge in [-0.25, -0.2) is 0 Å². The number of nitrogens with one attached hydrogen (secondary N) is 1. The molecule has 1 atom stereocenters. The van der Waals surface area contributed by atoms with Gasteiger partial charge in [0.25, 0.3) is 0 Å². The Morgan fingerprint density at radius 2 is 2.56 bits per heavy atom. The van der Waals surface area contributed by atoms with E-state index in [1.807, 2.05) is 4.90 Å². The molecule has 0 aliphatic carbocycles. The van der Waals surface area contributed by atoms with Crippen LogP contribution < -0.4 is 5.32 Å². The molecular formula is C13H18N2O2S. The van der Waals surface area contributed by atoms with Crippen molar-refractivity contribution in [3.05, 3.63) is 21.9 Å². The predicted octanol–water partition coefficient (Wildman–Crippen LogP) is 1.01. The predicted molar refractivity (Wildman–Crippen MR) is 70.7 cm³/mol. The molecule has 3 rings (SSSR count). The van der Waals surface area contributed by atoms with E-state index in [9.17, 15) is 4.79 Å². The van der Waals surface area contributed by atoms with Gasteiger partial charge in [0.2, 0.25) is 5.91 Å². The first-order valence-corrected chi connectivity index (χ1v) is 7.35. The lowest BCUT2D eigenvalue weighted by atomic mass is 10.1. The Labute approximate surface area is 111 Å². The first-order valence-electron chi connectivity index (χ1n) is 6.47. The summed E-state index contributed by atoms with van der Waals surface area (Å²) >= 11 is 1.80. The third kappa shape index (κ3) is 2.58. The molecular weight excluding hydrogens is 248 g/mol. The summed E-state index contributed by atoms with van der Waals surface area (Å²) < 4.78 is 5.38. The van der Waals surface area contributed by atoms with E-state index in [0.29, 0.717) is 13.0 Å². The summed E-state index contributed by atoms with van der Waals surface area (Å²) in [6.07, 6.45) is 1.56. The summed E-state index contributed by atoms with van der Waals surface area (Å²) in [5.41, 5.74) is 1.33. The van der Waals surface area contributed by atoms with E-state index in [4.69, 9.17) is 4.74 Å². The van der Waals surface area contributed by atoms with E-state index in [1.165, 1.54) is 10.4 Å². The largest absolute Gasteiger partial charge is 0.378 e. The lowest BCUT2D eigenvalue weighted by Gasteiger charge is -2.30. The summed E-state index contributed by atoms with van der Waals surface area (Å²) in [7, 11) is 0. The fourth-order valence-corrected chi connectivity index (χ4v) is 3.44. The number of thiophene rings is 1. The second-order valence-corrected chi connectivity index (χ2v) is 5.87. The molecule has 3 heterocycles. The van der Waals surface area contributed by atoms with Gasteiger partial charge in [0.1, 0.15) is 0 Å². The summed E-state index contributed by atoms with van der Waals surface area (Å²) in [5, 5.41) is 5.45. The van der Waals surface area contributed by atoms with Crippen molar-refractivity contribution in [1.29, 1.82) is 0 Å². The number of nitrogens with zero attached hydrogens (tertiary/aromatic N) is 1. The van der Waals surface area contributed by atoms with Gasteiger partial charge in [-0.1, -0.05) is 0 Å². The lowest BCUT2D eigenvalue weighted by Crippen LogP contribution is -2.45. The van der Waals surface area contributed by atoms with Gasteiger partial charge in [0.05, 0.1) is 13.2 Å². The molecule has 1 N–H and O–H groups in total. The molecule has 18 heavy (non-hydrogen) atoms. The summed E-state index contributed by atoms with van der Waals surface area (Å²) in [4.78, 5) is 15.7. The number of carbonyl (C=O) groups excluding carboxylic acids is 1. The van der Waals surface area contributed by atoms with Gasteiger partial charge in [-0.15, -0.1) is 11.3 Å². The van der Waals surface area contributed by atoms with E-state index >= 15 is 0 Å². The Bertz CT molecular complexity index is 426. The van der Waals surface area contributed by atoms with Gasteiger partial charge in [0, 0.05) is 37.0 Å². The minimum Gasteiger partial charge on any atom is -0.378 e. The second-order valence-electron chi connectivity index (χ2n) is 4.86. The fraction of sp³-hybridized carbons (Fsp3) is 0.615. The van der Waals surface area contributed by atoms with E-state index in [0.717, 1.165) is 32.7 Å². The maximum Gasteiger partial charge on any atom is 0.224 e. The van der Waals surface area contributed by atoms with Crippen molar-refractivity contribution < 1.29 is 9.53 Å². The molecule has 5 heteroatoms. The standard InChI is InChI=1S/C13H18N2O2S/c16-13(7-11-9-17-5-3-14-11)15-4-1-12-10(8-15)2-6-18-12/h2,6,11,14H,1,3-5,7-9H2. The molecule has 0 aromatic carbocycles. The molecule has 0 saturated carbocycles. The molecule has 1 aromatic heterocycles. The van der Waals surface area contributed by atoms with E-state index in [1.54, 1.807) is 11.3 Å². The highest BCUT2D eigenvalue weighted by molar-refractivity contribution is 7.10. The normalized spacial score (nSPS) is 23.8. The van der Waals surface area contributed by atoms with Gasteiger partial charge in [-0.2, -0.15) is 0 Å². The molecule has 1 fully saturated rings. The van der Waals surface area contributed by atoms with Gasteiger partial charge in [-0.05, 0) is 23.4 Å². The van der Waals surface area contributed by atoms with Crippen LogP contribution in [0.15, 0.2) is 11.4 Å². The van der Waals surface area contributed by atoms with Crippen LogP contribution in [0.5, 0.6) is 0 Å². The summed E-state index contributed by atoms with van der Waals surface area (Å²) in [6, 6.07) is 2.33. The average Bonchev–Trinajstić information content (AvgIpc) is 2.87. The Hall–Kier alpha value is -0.910. The zero-order valence-corrected chi connectivity index (χ0v) is 11.2. The van der Waals surface area contributed by atoms with Crippen LogP contribution in [0.25, 0.3) is 0 Å². The number of hydrogen-bond acceptors (Lipinski definition) is 4. The Morgan fingerprint density at radius 3 is 3.39 bits per heavy atom. The third-order valence-corrected chi connectivity index (χ3v) is 4.60. The van der Waals surface area contributed by atoms with Gasteiger partial charge in [-0.3, -0.25) is 4.79 Å². The second kappa shape index (κ2) is 5.38. The quantitative estimate of drug-likeness (QED) is 0.868. The molecule has 1 aromatic rings. The zero-order valence-electron chi connectivity index (χ0n) is 10.4. The van der Waals surface area contributed by atoms with Gasteiger partial charge >= 0.3 is 0 Å². The van der Waals surface area contributed by atoms with Gasteiger partial charge in [0.15, 0.2) is 0 Å². The number of amides is 1. The number of hydrogen-bond donors (Lipinski definition) is 1. The Kier molecular flexibility index (Phi) is 3.63. The Morgan fingerprint density at radius 1 is 1.61 bits per heavy atom. The molecule has 0 bridgehead atoms. The first kappa shape index (κ1) is 12.1. The molecule has 1 unspecified atom stereocenters. The van der Waals surface area contributed by atoms with Crippen molar-refractivity contribution in [2.45, 2.75) is 25.4 Å². The molecule has 1 amide bonds. The molecule has 98 valence electrons. The smallest absolute Gasteiger partial charge is 0.224 e. The van der Waals surface area contributed by atoms with Gasteiger partial charge < -0.3 is 15.0 Å². The fourth-order valence-electron chi connectivity index (χ4n) is 2.55. The topological polar surface area (TPSA) is 41.6 Å². The SMILES string of the molecule is O=C(CC1COCCN1)N1CCc2sccc2C1. The monoisotopic (exact) mass is 266 g/mol. The number of ether oxygens (including phenoxy) is 1. The summed E-state index contributed by atoms with van der Waals surface area (Å²) in [5.74, 6) is 0.245. The van der Waals surface area contributed by atoms with Crippen LogP contribution in [0.4, 0.5) is 0 Å². The molecule has 4 nitrogen and oxygen atoms in total. The number of rotatable bonds is 2. The van der Waals surface area contributed by atoms with E-state index in [2.05, 4.69) is 16.8 Å². The molecule has 0 radical (unpaired) electrons. The highest BCUT2D eigenvalue weighted by atomic mass is 32.1. The van der Waals surface area contributed by atoms with Crippen molar-refractivity contribution in [1.82, 2.24) is 10.2 Å². The van der Waals surface area contributed by atoms with Crippen molar-refractivity contribution in [2.75, 3.05) is 26.3 Å². The first-order chi connectivity index (χ1) is 8.83. The number of fused-ring (bicyclic) bond motifs is 1. The molecule has 0 spiro atoms. The summed E-state index contributed by atoms with van der Waals surface area (Å²) in [6.45, 7) is 3.91. The van der Waals surface area contributed by atoms with Crippen molar-refractivity contribution >= 4 is 17.2 Å². The van der Waals surface area contributed by atoms with Crippen LogP contribution in [0, 0.1) is 0 Å². The maximum atomic E-state index is 12.2. The van der Waals surface area contributed by atoms with Crippen LogP contribution in [0.1, 0.15) is 16.9 Å². The van der Waals surface area contributed by atoms with Crippen LogP contribution in [-0.2, 0) is 22.5 Å². The molecule has 2 aliphatic heterocycles.